The molecule has 0 amide bonds. The molecule has 8 nitrogen and oxygen atoms in total. The van der Waals surface area contributed by atoms with Crippen LogP contribution >= 0.6 is 0 Å². The highest BCUT2D eigenvalue weighted by Crippen LogP contribution is 2.17. The van der Waals surface area contributed by atoms with Crippen molar-refractivity contribution < 1.29 is 14.6 Å². The predicted octanol–water partition coefficient (Wildman–Crippen LogP) is -0.490. The first-order valence-electron chi connectivity index (χ1n) is 6.30. The largest absolute Gasteiger partial charge is 0.464 e. The number of aromatic nitrogens is 3. The molecule has 1 saturated heterocycles. The van der Waals surface area contributed by atoms with Crippen molar-refractivity contribution in [1.82, 2.24) is 15.0 Å². The third kappa shape index (κ3) is 3.42. The molecule has 0 radical (unpaired) electrons. The molecule has 1 aliphatic rings. The molecule has 19 heavy (non-hydrogen) atoms. The Bertz CT molecular complexity index is 417. The number of hydrogen-bond donors (Lipinski definition) is 2. The number of aliphatic hydroxyl groups is 1. The first-order chi connectivity index (χ1) is 9.26. The average Bonchev–Trinajstić information content (AvgIpc) is 2.47. The minimum Gasteiger partial charge on any atom is -0.464 e. The zero-order chi connectivity index (χ0) is 13.7. The normalized spacial score (nSPS) is 19.3. The molecule has 1 atom stereocenters. The molecule has 0 aromatic carbocycles. The second kappa shape index (κ2) is 6.48. The van der Waals surface area contributed by atoms with E-state index in [2.05, 4.69) is 20.3 Å². The van der Waals surface area contributed by atoms with Crippen LogP contribution in [0.3, 0.4) is 0 Å². The Labute approximate surface area is 111 Å². The molecule has 1 aromatic rings. The number of nitrogens with one attached hydrogen (secondary N) is 1. The summed E-state index contributed by atoms with van der Waals surface area (Å²) < 4.78 is 10.7. The summed E-state index contributed by atoms with van der Waals surface area (Å²) in [6.45, 7) is 4.12. The fourth-order valence-electron chi connectivity index (χ4n) is 1.80. The first kappa shape index (κ1) is 13.8. The number of aliphatic hydroxyl groups excluding tert-OH is 1. The number of morpholine rings is 1. The Morgan fingerprint density at radius 1 is 1.47 bits per heavy atom. The fraction of sp³-hybridized carbons (Fsp3) is 0.727. The molecule has 0 spiro atoms. The van der Waals surface area contributed by atoms with Crippen LogP contribution in [0, 0.1) is 0 Å². The van der Waals surface area contributed by atoms with Gasteiger partial charge in [-0.25, -0.2) is 0 Å². The van der Waals surface area contributed by atoms with E-state index in [1.807, 2.05) is 11.8 Å². The molecular weight excluding hydrogens is 250 g/mol. The van der Waals surface area contributed by atoms with Crippen molar-refractivity contribution in [2.24, 2.45) is 0 Å². The van der Waals surface area contributed by atoms with Crippen LogP contribution in [0.25, 0.3) is 0 Å². The number of anilines is 2. The average molecular weight is 269 g/mol. The van der Waals surface area contributed by atoms with E-state index in [1.54, 1.807) is 7.05 Å². The van der Waals surface area contributed by atoms with Crippen molar-refractivity contribution in [3.63, 3.8) is 0 Å². The lowest BCUT2D eigenvalue weighted by Gasteiger charge is -2.32. The second-order valence-electron chi connectivity index (χ2n) is 4.05. The fourth-order valence-corrected chi connectivity index (χ4v) is 1.80. The Hall–Kier alpha value is -1.67. The van der Waals surface area contributed by atoms with Gasteiger partial charge in [0.15, 0.2) is 0 Å². The third-order valence-corrected chi connectivity index (χ3v) is 2.73. The monoisotopic (exact) mass is 269 g/mol. The van der Waals surface area contributed by atoms with Gasteiger partial charge in [-0.2, -0.15) is 15.0 Å². The molecule has 1 aliphatic heterocycles. The maximum Gasteiger partial charge on any atom is 0.323 e. The van der Waals surface area contributed by atoms with E-state index in [1.165, 1.54) is 0 Å². The van der Waals surface area contributed by atoms with Gasteiger partial charge in [-0.05, 0) is 6.92 Å². The zero-order valence-corrected chi connectivity index (χ0v) is 11.2. The summed E-state index contributed by atoms with van der Waals surface area (Å²) in [6.07, 6.45) is -0.209. The summed E-state index contributed by atoms with van der Waals surface area (Å²) in [5.41, 5.74) is 0. The second-order valence-corrected chi connectivity index (χ2v) is 4.05. The van der Waals surface area contributed by atoms with Gasteiger partial charge in [0.1, 0.15) is 0 Å². The molecule has 0 saturated carbocycles. The molecule has 2 rings (SSSR count). The Kier molecular flexibility index (Phi) is 4.69. The molecule has 106 valence electrons. The van der Waals surface area contributed by atoms with E-state index in [0.717, 1.165) is 0 Å². The molecule has 2 N–H and O–H groups in total. The number of rotatable bonds is 5. The van der Waals surface area contributed by atoms with Gasteiger partial charge in [0, 0.05) is 20.1 Å². The lowest BCUT2D eigenvalue weighted by atomic mass is 10.3. The standard InChI is InChI=1S/C11H19N5O3/c1-3-18-11-14-9(12-2)13-10(15-11)16-4-5-19-8(6-16)7-17/h8,17H,3-7H2,1-2H3,(H,12,13,14,15). The van der Waals surface area contributed by atoms with E-state index in [4.69, 9.17) is 14.6 Å². The highest BCUT2D eigenvalue weighted by atomic mass is 16.5. The Balaban J connectivity index is 2.19. The van der Waals surface area contributed by atoms with Crippen LogP contribution in [-0.4, -0.2) is 66.1 Å². The zero-order valence-electron chi connectivity index (χ0n) is 11.2. The van der Waals surface area contributed by atoms with Crippen molar-refractivity contribution in [2.75, 3.05) is 50.2 Å². The van der Waals surface area contributed by atoms with Crippen LogP contribution in [0.15, 0.2) is 0 Å². The maximum atomic E-state index is 9.15. The minimum atomic E-state index is -0.209. The van der Waals surface area contributed by atoms with E-state index in [-0.39, 0.29) is 12.7 Å². The van der Waals surface area contributed by atoms with Crippen LogP contribution in [0.1, 0.15) is 6.92 Å². The van der Waals surface area contributed by atoms with Crippen molar-refractivity contribution in [1.29, 1.82) is 0 Å². The number of ether oxygens (including phenoxy) is 2. The molecule has 1 aromatic heterocycles. The van der Waals surface area contributed by atoms with Crippen LogP contribution in [-0.2, 0) is 4.74 Å². The third-order valence-electron chi connectivity index (χ3n) is 2.73. The predicted molar refractivity (Wildman–Crippen MR) is 69.6 cm³/mol. The quantitative estimate of drug-likeness (QED) is 0.739. The Morgan fingerprint density at radius 2 is 2.32 bits per heavy atom. The summed E-state index contributed by atoms with van der Waals surface area (Å²) >= 11 is 0. The van der Waals surface area contributed by atoms with Gasteiger partial charge in [-0.1, -0.05) is 0 Å². The van der Waals surface area contributed by atoms with Gasteiger partial charge in [0.2, 0.25) is 11.9 Å². The smallest absolute Gasteiger partial charge is 0.323 e. The molecule has 0 bridgehead atoms. The molecule has 1 unspecified atom stereocenters. The molecule has 2 heterocycles. The first-order valence-corrected chi connectivity index (χ1v) is 6.30. The topological polar surface area (TPSA) is 92.6 Å². The van der Waals surface area contributed by atoms with Gasteiger partial charge >= 0.3 is 6.01 Å². The van der Waals surface area contributed by atoms with Gasteiger partial charge in [-0.3, -0.25) is 0 Å². The molecule has 8 heteroatoms. The van der Waals surface area contributed by atoms with E-state index in [0.29, 0.717) is 44.2 Å². The van der Waals surface area contributed by atoms with Crippen molar-refractivity contribution in [3.05, 3.63) is 0 Å². The van der Waals surface area contributed by atoms with Crippen molar-refractivity contribution >= 4 is 11.9 Å². The summed E-state index contributed by atoms with van der Waals surface area (Å²) in [5.74, 6) is 0.991. The lowest BCUT2D eigenvalue weighted by molar-refractivity contribution is 0.00310. The Morgan fingerprint density at radius 3 is 3.00 bits per heavy atom. The lowest BCUT2D eigenvalue weighted by Crippen LogP contribution is -2.45. The summed E-state index contributed by atoms with van der Waals surface area (Å²) in [5, 5.41) is 12.0. The van der Waals surface area contributed by atoms with Crippen LogP contribution < -0.4 is 15.0 Å². The van der Waals surface area contributed by atoms with E-state index >= 15 is 0 Å². The minimum absolute atomic E-state index is 0.0151. The highest BCUT2D eigenvalue weighted by Gasteiger charge is 2.23. The molecule has 1 fully saturated rings. The maximum absolute atomic E-state index is 9.15. The number of hydrogen-bond acceptors (Lipinski definition) is 8. The van der Waals surface area contributed by atoms with Gasteiger partial charge in [0.05, 0.1) is 25.9 Å². The summed E-state index contributed by atoms with van der Waals surface area (Å²) in [6, 6.07) is 0.295. The molecule has 0 aliphatic carbocycles. The van der Waals surface area contributed by atoms with Crippen molar-refractivity contribution in [3.8, 4) is 6.01 Å². The van der Waals surface area contributed by atoms with Crippen LogP contribution in [0.5, 0.6) is 6.01 Å². The van der Waals surface area contributed by atoms with Crippen molar-refractivity contribution in [2.45, 2.75) is 13.0 Å². The van der Waals surface area contributed by atoms with E-state index in [9.17, 15) is 0 Å². The van der Waals surface area contributed by atoms with Gasteiger partial charge < -0.3 is 24.8 Å². The van der Waals surface area contributed by atoms with E-state index < -0.39 is 0 Å². The molecular formula is C11H19N5O3. The SMILES string of the molecule is CCOc1nc(NC)nc(N2CCOC(CO)C2)n1. The summed E-state index contributed by atoms with van der Waals surface area (Å²) in [4.78, 5) is 14.6. The van der Waals surface area contributed by atoms with Crippen LogP contribution in [0.2, 0.25) is 0 Å². The van der Waals surface area contributed by atoms with Gasteiger partial charge in [0.25, 0.3) is 0 Å². The number of nitrogens with zero attached hydrogens (tertiary/aromatic N) is 4. The summed E-state index contributed by atoms with van der Waals surface area (Å²) in [7, 11) is 1.74. The highest BCUT2D eigenvalue weighted by molar-refractivity contribution is 5.38. The van der Waals surface area contributed by atoms with Gasteiger partial charge in [-0.15, -0.1) is 0 Å². The van der Waals surface area contributed by atoms with Crippen LogP contribution in [0.4, 0.5) is 11.9 Å².